The van der Waals surface area contributed by atoms with Crippen molar-refractivity contribution in [3.8, 4) is 0 Å². The van der Waals surface area contributed by atoms with Crippen molar-refractivity contribution in [2.75, 3.05) is 40.5 Å². The molecule has 9 heteroatoms. The Bertz CT molecular complexity index is 405. The maximum absolute atomic E-state index is 12.1. The molecule has 0 spiro atoms. The molecule has 20 heavy (non-hydrogen) atoms. The first kappa shape index (κ1) is 17.3. The van der Waals surface area contributed by atoms with Crippen molar-refractivity contribution in [2.24, 2.45) is 5.92 Å². The van der Waals surface area contributed by atoms with Crippen LogP contribution in [0.4, 0.5) is 0 Å². The number of hydrogen-bond acceptors (Lipinski definition) is 6. The Morgan fingerprint density at radius 2 is 2.00 bits per heavy atom. The molecule has 0 aromatic heterocycles. The number of nitrogens with zero attached hydrogens (tertiary/aromatic N) is 1. The van der Waals surface area contributed by atoms with E-state index in [1.165, 1.54) is 18.5 Å². The Kier molecular flexibility index (Phi) is 6.83. The largest absolute Gasteiger partial charge is 0.469 e. The zero-order valence-corrected chi connectivity index (χ0v) is 12.6. The minimum Gasteiger partial charge on any atom is -0.469 e. The number of aliphatic hydroxyl groups excluding tert-OH is 1. The van der Waals surface area contributed by atoms with Gasteiger partial charge in [0.2, 0.25) is 0 Å². The Labute approximate surface area is 119 Å². The normalized spacial score (nSPS) is 19.8. The summed E-state index contributed by atoms with van der Waals surface area (Å²) in [6.07, 6.45) is 0.864. The van der Waals surface area contributed by atoms with E-state index in [-0.39, 0.29) is 38.2 Å². The van der Waals surface area contributed by atoms with Gasteiger partial charge in [-0.25, -0.2) is 0 Å². The van der Waals surface area contributed by atoms with Gasteiger partial charge in [0, 0.05) is 20.2 Å². The van der Waals surface area contributed by atoms with E-state index in [0.29, 0.717) is 12.8 Å². The SMILES string of the molecule is COCC(CO)NS(=O)(=O)N1CCC(C(=O)OC)CC1. The molecule has 1 rings (SSSR count). The summed E-state index contributed by atoms with van der Waals surface area (Å²) in [5.74, 6) is -0.554. The minimum absolute atomic E-state index is 0.0916. The first-order valence-electron chi connectivity index (χ1n) is 6.39. The van der Waals surface area contributed by atoms with Crippen LogP contribution in [0.5, 0.6) is 0 Å². The van der Waals surface area contributed by atoms with Crippen molar-refractivity contribution in [1.82, 2.24) is 9.03 Å². The second kappa shape index (κ2) is 7.89. The molecule has 0 aromatic rings. The molecule has 1 aliphatic heterocycles. The van der Waals surface area contributed by atoms with Crippen LogP contribution in [0.15, 0.2) is 0 Å². The quantitative estimate of drug-likeness (QED) is 0.567. The van der Waals surface area contributed by atoms with Gasteiger partial charge in [-0.2, -0.15) is 17.4 Å². The molecule has 0 bridgehead atoms. The second-order valence-corrected chi connectivity index (χ2v) is 6.36. The third-order valence-corrected chi connectivity index (χ3v) is 4.91. The van der Waals surface area contributed by atoms with Gasteiger partial charge in [-0.15, -0.1) is 0 Å². The number of aliphatic hydroxyl groups is 1. The van der Waals surface area contributed by atoms with Crippen LogP contribution in [0.3, 0.4) is 0 Å². The van der Waals surface area contributed by atoms with Crippen molar-refractivity contribution < 1.29 is 27.8 Å². The third kappa shape index (κ3) is 4.67. The number of piperidine rings is 1. The molecule has 0 aromatic carbocycles. The zero-order chi connectivity index (χ0) is 15.2. The fourth-order valence-electron chi connectivity index (χ4n) is 2.11. The van der Waals surface area contributed by atoms with E-state index >= 15 is 0 Å². The number of ether oxygens (including phenoxy) is 2. The van der Waals surface area contributed by atoms with Crippen LogP contribution in [0.1, 0.15) is 12.8 Å². The van der Waals surface area contributed by atoms with Gasteiger partial charge in [0.05, 0.1) is 32.3 Å². The molecule has 1 fully saturated rings. The summed E-state index contributed by atoms with van der Waals surface area (Å²) in [5.41, 5.74) is 0. The lowest BCUT2D eigenvalue weighted by Gasteiger charge is -2.31. The maximum Gasteiger partial charge on any atom is 0.308 e. The van der Waals surface area contributed by atoms with Crippen LogP contribution in [0.25, 0.3) is 0 Å². The summed E-state index contributed by atoms with van der Waals surface area (Å²) in [6, 6.07) is -0.677. The Balaban J connectivity index is 2.56. The molecule has 1 heterocycles. The van der Waals surface area contributed by atoms with E-state index in [1.807, 2.05) is 0 Å². The Morgan fingerprint density at radius 1 is 1.40 bits per heavy atom. The second-order valence-electron chi connectivity index (χ2n) is 4.65. The van der Waals surface area contributed by atoms with Crippen molar-refractivity contribution in [1.29, 1.82) is 0 Å². The number of nitrogens with one attached hydrogen (secondary N) is 1. The molecule has 118 valence electrons. The van der Waals surface area contributed by atoms with Crippen molar-refractivity contribution in [2.45, 2.75) is 18.9 Å². The van der Waals surface area contributed by atoms with E-state index < -0.39 is 16.3 Å². The van der Waals surface area contributed by atoms with E-state index in [0.717, 1.165) is 0 Å². The molecule has 1 aliphatic rings. The van der Waals surface area contributed by atoms with E-state index in [9.17, 15) is 13.2 Å². The summed E-state index contributed by atoms with van der Waals surface area (Å²) in [4.78, 5) is 11.4. The molecule has 1 atom stereocenters. The van der Waals surface area contributed by atoms with Crippen LogP contribution in [0.2, 0.25) is 0 Å². The molecule has 2 N–H and O–H groups in total. The summed E-state index contributed by atoms with van der Waals surface area (Å²) in [7, 11) is -0.929. The highest BCUT2D eigenvalue weighted by molar-refractivity contribution is 7.87. The minimum atomic E-state index is -3.68. The molecular formula is C11H22N2O6S. The summed E-state index contributed by atoms with van der Waals surface area (Å²) in [5, 5.41) is 9.08. The number of carbonyl (C=O) groups is 1. The zero-order valence-electron chi connectivity index (χ0n) is 11.7. The van der Waals surface area contributed by atoms with E-state index in [1.54, 1.807) is 0 Å². The molecule has 0 radical (unpaired) electrons. The van der Waals surface area contributed by atoms with Crippen molar-refractivity contribution >= 4 is 16.2 Å². The van der Waals surface area contributed by atoms with Gasteiger partial charge >= 0.3 is 5.97 Å². The summed E-state index contributed by atoms with van der Waals surface area (Å²) >= 11 is 0. The molecule has 0 aliphatic carbocycles. The highest BCUT2D eigenvalue weighted by Crippen LogP contribution is 2.20. The average Bonchev–Trinajstić information content (AvgIpc) is 2.45. The van der Waals surface area contributed by atoms with Gasteiger partial charge in [-0.05, 0) is 12.8 Å². The predicted octanol–water partition coefficient (Wildman–Crippen LogP) is -1.29. The number of rotatable bonds is 7. The molecule has 8 nitrogen and oxygen atoms in total. The van der Waals surface area contributed by atoms with Gasteiger partial charge in [0.15, 0.2) is 0 Å². The lowest BCUT2D eigenvalue weighted by molar-refractivity contribution is -0.146. The van der Waals surface area contributed by atoms with Gasteiger partial charge in [0.1, 0.15) is 0 Å². The average molecular weight is 310 g/mol. The van der Waals surface area contributed by atoms with Crippen LogP contribution in [-0.4, -0.2) is 70.4 Å². The maximum atomic E-state index is 12.1. The summed E-state index contributed by atoms with van der Waals surface area (Å²) in [6.45, 7) is 0.251. The number of carbonyl (C=O) groups excluding carboxylic acids is 1. The first-order valence-corrected chi connectivity index (χ1v) is 7.83. The molecule has 1 unspecified atom stereocenters. The molecule has 1 saturated heterocycles. The van der Waals surface area contributed by atoms with Crippen LogP contribution in [-0.2, 0) is 24.5 Å². The summed E-state index contributed by atoms with van der Waals surface area (Å²) < 4.78 is 37.3. The number of methoxy groups -OCH3 is 2. The van der Waals surface area contributed by atoms with Crippen LogP contribution in [0, 0.1) is 5.92 Å². The van der Waals surface area contributed by atoms with E-state index in [4.69, 9.17) is 9.84 Å². The van der Waals surface area contributed by atoms with Crippen LogP contribution >= 0.6 is 0 Å². The third-order valence-electron chi connectivity index (χ3n) is 3.23. The lowest BCUT2D eigenvalue weighted by atomic mass is 9.99. The highest BCUT2D eigenvalue weighted by atomic mass is 32.2. The van der Waals surface area contributed by atoms with E-state index in [2.05, 4.69) is 9.46 Å². The fraction of sp³-hybridized carbons (Fsp3) is 0.909. The Hall–Kier alpha value is -0.740. The molecule has 0 amide bonds. The number of hydrogen-bond donors (Lipinski definition) is 2. The molecule has 0 saturated carbocycles. The predicted molar refractivity (Wildman–Crippen MR) is 71.1 cm³/mol. The topological polar surface area (TPSA) is 105 Å². The van der Waals surface area contributed by atoms with Crippen molar-refractivity contribution in [3.63, 3.8) is 0 Å². The monoisotopic (exact) mass is 310 g/mol. The van der Waals surface area contributed by atoms with Gasteiger partial charge in [0.25, 0.3) is 10.2 Å². The van der Waals surface area contributed by atoms with Crippen molar-refractivity contribution in [3.05, 3.63) is 0 Å². The smallest absolute Gasteiger partial charge is 0.308 e. The highest BCUT2D eigenvalue weighted by Gasteiger charge is 2.32. The Morgan fingerprint density at radius 3 is 2.45 bits per heavy atom. The fourth-order valence-corrected chi connectivity index (χ4v) is 3.51. The van der Waals surface area contributed by atoms with Gasteiger partial charge in [-0.1, -0.05) is 0 Å². The standard InChI is InChI=1S/C11H22N2O6S/c1-18-8-10(7-14)12-20(16,17)13-5-3-9(4-6-13)11(15)19-2/h9-10,12,14H,3-8H2,1-2H3. The molecular weight excluding hydrogens is 288 g/mol. The van der Waals surface area contributed by atoms with Crippen LogP contribution < -0.4 is 4.72 Å². The first-order chi connectivity index (χ1) is 9.44. The lowest BCUT2D eigenvalue weighted by Crippen LogP contribution is -2.51. The number of esters is 1. The van der Waals surface area contributed by atoms with Gasteiger partial charge < -0.3 is 14.6 Å². The van der Waals surface area contributed by atoms with Gasteiger partial charge in [-0.3, -0.25) is 4.79 Å².